The predicted octanol–water partition coefficient (Wildman–Crippen LogP) is 4.70. The number of ether oxygens (including phenoxy) is 1. The van der Waals surface area contributed by atoms with Gasteiger partial charge in [0, 0.05) is 35.5 Å². The molecule has 1 aliphatic rings. The number of rotatable bonds is 7. The highest BCUT2D eigenvalue weighted by Crippen LogP contribution is 2.38. The molecule has 1 unspecified atom stereocenters. The summed E-state index contributed by atoms with van der Waals surface area (Å²) in [5, 5.41) is 33.3. The van der Waals surface area contributed by atoms with Crippen LogP contribution in [0.15, 0.2) is 84.1 Å². The lowest BCUT2D eigenvalue weighted by molar-refractivity contribution is -0.385. The van der Waals surface area contributed by atoms with E-state index in [0.717, 1.165) is 0 Å². The average Bonchev–Trinajstić information content (AvgIpc) is 3.36. The number of hydrogen-bond donors (Lipinski definition) is 2. The number of amides is 1. The number of benzene rings is 3. The lowest BCUT2D eigenvalue weighted by Gasteiger charge is -2.28. The van der Waals surface area contributed by atoms with Gasteiger partial charge in [0.2, 0.25) is 5.95 Å². The SMILES string of the molecule is COc1ccccc1NC(=O)C1=C(C)Nc2nc(-c3cccc([N+](=O)[O-])c3)nn2C1c1cccc([N+](=O)[O-])c1. The van der Waals surface area contributed by atoms with Crippen molar-refractivity contribution in [2.75, 3.05) is 17.7 Å². The summed E-state index contributed by atoms with van der Waals surface area (Å²) in [5.41, 5.74) is 1.65. The van der Waals surface area contributed by atoms with Gasteiger partial charge in [-0.05, 0) is 24.6 Å². The molecule has 0 aliphatic carbocycles. The van der Waals surface area contributed by atoms with Gasteiger partial charge in [0.25, 0.3) is 17.3 Å². The first kappa shape index (κ1) is 25.1. The first-order valence-corrected chi connectivity index (χ1v) is 11.6. The van der Waals surface area contributed by atoms with Crippen LogP contribution >= 0.6 is 0 Å². The number of carbonyl (C=O) groups is 1. The molecular formula is C26H21N7O6. The summed E-state index contributed by atoms with van der Waals surface area (Å²) < 4.78 is 6.79. The number of carbonyl (C=O) groups excluding carboxylic acids is 1. The maximum Gasteiger partial charge on any atom is 0.270 e. The summed E-state index contributed by atoms with van der Waals surface area (Å²) in [6.45, 7) is 1.69. The molecular weight excluding hydrogens is 506 g/mol. The largest absolute Gasteiger partial charge is 0.495 e. The van der Waals surface area contributed by atoms with E-state index in [1.54, 1.807) is 43.3 Å². The number of nitro groups is 2. The number of fused-ring (bicyclic) bond motifs is 1. The van der Waals surface area contributed by atoms with Crippen LogP contribution in [0.4, 0.5) is 23.0 Å². The van der Waals surface area contributed by atoms with Crippen LogP contribution in [0.5, 0.6) is 5.75 Å². The van der Waals surface area contributed by atoms with Crippen LogP contribution in [0.2, 0.25) is 0 Å². The highest BCUT2D eigenvalue weighted by Gasteiger charge is 2.35. The summed E-state index contributed by atoms with van der Waals surface area (Å²) in [6.07, 6.45) is 0. The standard InChI is InChI=1S/C26H21N7O6/c1-15-22(25(34)28-20-11-3-4-12-21(20)39-2)23(16-7-5-9-18(13-16)32(35)36)31-26(27-15)29-24(30-31)17-8-6-10-19(14-17)33(37)38/h3-14,23H,1-2H3,(H,28,34)(H,27,29,30). The number of aromatic nitrogens is 3. The van der Waals surface area contributed by atoms with Crippen LogP contribution in [0.1, 0.15) is 18.5 Å². The topological polar surface area (TPSA) is 167 Å². The summed E-state index contributed by atoms with van der Waals surface area (Å²) in [7, 11) is 1.49. The number of hydrogen-bond acceptors (Lipinski definition) is 9. The Balaban J connectivity index is 1.63. The average molecular weight is 527 g/mol. The Hall–Kier alpha value is -5.59. The third kappa shape index (κ3) is 4.75. The van der Waals surface area contributed by atoms with Crippen molar-refractivity contribution in [3.63, 3.8) is 0 Å². The summed E-state index contributed by atoms with van der Waals surface area (Å²) in [5.74, 6) is 0.406. The molecule has 0 bridgehead atoms. The van der Waals surface area contributed by atoms with E-state index in [-0.39, 0.29) is 28.7 Å². The van der Waals surface area contributed by atoms with Gasteiger partial charge in [-0.3, -0.25) is 25.0 Å². The Morgan fingerprint density at radius 1 is 1.00 bits per heavy atom. The van der Waals surface area contributed by atoms with Gasteiger partial charge < -0.3 is 15.4 Å². The smallest absolute Gasteiger partial charge is 0.270 e. The highest BCUT2D eigenvalue weighted by molar-refractivity contribution is 6.06. The number of allylic oxidation sites excluding steroid dienone is 1. The highest BCUT2D eigenvalue weighted by atomic mass is 16.6. The van der Waals surface area contributed by atoms with Gasteiger partial charge >= 0.3 is 0 Å². The summed E-state index contributed by atoms with van der Waals surface area (Å²) in [6, 6.07) is 17.8. The van der Waals surface area contributed by atoms with Crippen LogP contribution in [-0.2, 0) is 4.79 Å². The number of nitrogens with zero attached hydrogens (tertiary/aromatic N) is 5. The van der Waals surface area contributed by atoms with Crippen LogP contribution in [0.25, 0.3) is 11.4 Å². The third-order valence-corrected chi connectivity index (χ3v) is 6.16. The van der Waals surface area contributed by atoms with Gasteiger partial charge in [-0.1, -0.05) is 36.4 Å². The Kier molecular flexibility index (Phi) is 6.46. The minimum Gasteiger partial charge on any atom is -0.495 e. The predicted molar refractivity (Wildman–Crippen MR) is 141 cm³/mol. The van der Waals surface area contributed by atoms with Crippen molar-refractivity contribution >= 4 is 28.9 Å². The van der Waals surface area contributed by atoms with Crippen molar-refractivity contribution in [3.05, 3.63) is 110 Å². The van der Waals surface area contributed by atoms with E-state index in [1.165, 1.54) is 48.2 Å². The van der Waals surface area contributed by atoms with Crippen LogP contribution in [-0.4, -0.2) is 37.6 Å². The van der Waals surface area contributed by atoms with Crippen molar-refractivity contribution < 1.29 is 19.4 Å². The monoisotopic (exact) mass is 527 g/mol. The van der Waals surface area contributed by atoms with E-state index in [9.17, 15) is 25.0 Å². The van der Waals surface area contributed by atoms with Gasteiger partial charge in [0.15, 0.2) is 5.82 Å². The van der Waals surface area contributed by atoms with Crippen molar-refractivity contribution in [2.45, 2.75) is 13.0 Å². The van der Waals surface area contributed by atoms with Gasteiger partial charge in [0.1, 0.15) is 11.8 Å². The molecule has 0 radical (unpaired) electrons. The molecule has 1 atom stereocenters. The summed E-state index contributed by atoms with van der Waals surface area (Å²) in [4.78, 5) is 40.0. The van der Waals surface area contributed by atoms with Crippen molar-refractivity contribution in [1.82, 2.24) is 14.8 Å². The third-order valence-electron chi connectivity index (χ3n) is 6.16. The zero-order valence-corrected chi connectivity index (χ0v) is 20.7. The number of non-ortho nitro benzene ring substituents is 2. The fraction of sp³-hybridized carbons (Fsp3) is 0.115. The molecule has 1 aromatic heterocycles. The zero-order chi connectivity index (χ0) is 27.7. The molecule has 2 N–H and O–H groups in total. The number of nitrogens with one attached hydrogen (secondary N) is 2. The van der Waals surface area contributed by atoms with Crippen molar-refractivity contribution in [1.29, 1.82) is 0 Å². The van der Waals surface area contributed by atoms with Gasteiger partial charge in [-0.2, -0.15) is 4.98 Å². The Morgan fingerprint density at radius 2 is 1.69 bits per heavy atom. The lowest BCUT2D eigenvalue weighted by Crippen LogP contribution is -2.31. The molecule has 5 rings (SSSR count). The molecule has 0 fully saturated rings. The van der Waals surface area contributed by atoms with Crippen molar-refractivity contribution in [2.24, 2.45) is 0 Å². The molecule has 3 aromatic carbocycles. The number of nitro benzene ring substituents is 2. The molecule has 1 aliphatic heterocycles. The second-order valence-electron chi connectivity index (χ2n) is 8.58. The molecule has 39 heavy (non-hydrogen) atoms. The Bertz CT molecular complexity index is 1660. The van der Waals surface area contributed by atoms with Crippen LogP contribution in [0.3, 0.4) is 0 Å². The van der Waals surface area contributed by atoms with E-state index in [1.807, 2.05) is 0 Å². The zero-order valence-electron chi connectivity index (χ0n) is 20.7. The fourth-order valence-electron chi connectivity index (χ4n) is 4.38. The maximum absolute atomic E-state index is 13.7. The molecule has 196 valence electrons. The molecule has 1 amide bonds. The van der Waals surface area contributed by atoms with E-state index in [0.29, 0.717) is 28.3 Å². The van der Waals surface area contributed by atoms with Crippen molar-refractivity contribution in [3.8, 4) is 17.1 Å². The number of para-hydroxylation sites is 2. The van der Waals surface area contributed by atoms with Crippen LogP contribution < -0.4 is 15.4 Å². The van der Waals surface area contributed by atoms with E-state index in [2.05, 4.69) is 20.7 Å². The van der Waals surface area contributed by atoms with E-state index < -0.39 is 21.8 Å². The molecule has 2 heterocycles. The quantitative estimate of drug-likeness (QED) is 0.256. The minimum atomic E-state index is -0.907. The number of methoxy groups -OCH3 is 1. The Morgan fingerprint density at radius 3 is 2.41 bits per heavy atom. The molecule has 4 aromatic rings. The summed E-state index contributed by atoms with van der Waals surface area (Å²) >= 11 is 0. The van der Waals surface area contributed by atoms with Gasteiger partial charge in [-0.25, -0.2) is 4.68 Å². The first-order valence-electron chi connectivity index (χ1n) is 11.6. The van der Waals surface area contributed by atoms with Crippen LogP contribution in [0, 0.1) is 20.2 Å². The second-order valence-corrected chi connectivity index (χ2v) is 8.58. The first-order chi connectivity index (χ1) is 18.8. The molecule has 13 heteroatoms. The molecule has 0 saturated carbocycles. The normalized spacial score (nSPS) is 14.3. The van der Waals surface area contributed by atoms with Gasteiger partial charge in [0.05, 0.1) is 28.2 Å². The van der Waals surface area contributed by atoms with E-state index in [4.69, 9.17) is 4.74 Å². The lowest BCUT2D eigenvalue weighted by atomic mass is 9.94. The number of anilines is 2. The Labute approximate surface area is 221 Å². The molecule has 13 nitrogen and oxygen atoms in total. The minimum absolute atomic E-state index is 0.130. The molecule has 0 spiro atoms. The van der Waals surface area contributed by atoms with Gasteiger partial charge in [-0.15, -0.1) is 5.10 Å². The van der Waals surface area contributed by atoms with E-state index >= 15 is 0 Å². The maximum atomic E-state index is 13.7. The second kappa shape index (κ2) is 10.0. The molecule has 0 saturated heterocycles. The fourth-order valence-corrected chi connectivity index (χ4v) is 4.38.